The number of aryl methyl sites for hydroxylation is 2. The van der Waals surface area contributed by atoms with E-state index < -0.39 is 0 Å². The van der Waals surface area contributed by atoms with Gasteiger partial charge in [-0.25, -0.2) is 4.39 Å². The lowest BCUT2D eigenvalue weighted by Gasteiger charge is -2.15. The second-order valence-electron chi connectivity index (χ2n) is 4.76. The first-order chi connectivity index (χ1) is 8.58. The van der Waals surface area contributed by atoms with Crippen LogP contribution in [0.25, 0.3) is 0 Å². The highest BCUT2D eigenvalue weighted by molar-refractivity contribution is 5.31. The van der Waals surface area contributed by atoms with Crippen LogP contribution in [0.15, 0.2) is 42.5 Å². The summed E-state index contributed by atoms with van der Waals surface area (Å²) in [6, 6.07) is 12.9. The molecule has 1 nitrogen and oxygen atoms in total. The summed E-state index contributed by atoms with van der Waals surface area (Å²) in [5.41, 5.74) is 10.1. The van der Waals surface area contributed by atoms with Crippen molar-refractivity contribution in [1.29, 1.82) is 0 Å². The zero-order chi connectivity index (χ0) is 13.1. The maximum Gasteiger partial charge on any atom is 0.128 e. The third-order valence-electron chi connectivity index (χ3n) is 3.25. The maximum absolute atomic E-state index is 13.7. The Hall–Kier alpha value is -1.67. The Labute approximate surface area is 107 Å². The van der Waals surface area contributed by atoms with Gasteiger partial charge in [-0.05, 0) is 37.5 Å². The number of nitrogens with two attached hydrogens (primary N) is 1. The van der Waals surface area contributed by atoms with Gasteiger partial charge in [0, 0.05) is 11.6 Å². The van der Waals surface area contributed by atoms with Crippen molar-refractivity contribution in [3.05, 3.63) is 70.5 Å². The first-order valence-corrected chi connectivity index (χ1v) is 6.14. The molecule has 1 unspecified atom stereocenters. The molecule has 0 aliphatic heterocycles. The number of hydrogen-bond acceptors (Lipinski definition) is 1. The first kappa shape index (κ1) is 12.8. The van der Waals surface area contributed by atoms with Crippen molar-refractivity contribution < 1.29 is 4.39 Å². The van der Waals surface area contributed by atoms with Crippen LogP contribution in [0.2, 0.25) is 0 Å². The average Bonchev–Trinajstić information content (AvgIpc) is 2.35. The molecule has 0 heterocycles. The monoisotopic (exact) mass is 243 g/mol. The molecule has 0 aromatic heterocycles. The largest absolute Gasteiger partial charge is 0.324 e. The molecular formula is C16H18FN. The maximum atomic E-state index is 13.7. The minimum Gasteiger partial charge on any atom is -0.324 e. The smallest absolute Gasteiger partial charge is 0.128 e. The van der Waals surface area contributed by atoms with E-state index in [2.05, 4.69) is 13.0 Å². The third kappa shape index (κ3) is 2.77. The van der Waals surface area contributed by atoms with Crippen LogP contribution in [0, 0.1) is 19.7 Å². The number of hydrogen-bond donors (Lipinski definition) is 1. The van der Waals surface area contributed by atoms with E-state index in [1.54, 1.807) is 6.07 Å². The Morgan fingerprint density at radius 3 is 2.56 bits per heavy atom. The molecule has 0 saturated heterocycles. The van der Waals surface area contributed by atoms with Crippen LogP contribution in [0.5, 0.6) is 0 Å². The van der Waals surface area contributed by atoms with E-state index in [1.807, 2.05) is 31.2 Å². The van der Waals surface area contributed by atoms with Gasteiger partial charge in [-0.3, -0.25) is 0 Å². The molecular weight excluding hydrogens is 225 g/mol. The Morgan fingerprint density at radius 2 is 1.83 bits per heavy atom. The van der Waals surface area contributed by atoms with Gasteiger partial charge in [0.15, 0.2) is 0 Å². The Bertz CT molecular complexity index is 549. The summed E-state index contributed by atoms with van der Waals surface area (Å²) in [6.07, 6.45) is 0.660. The van der Waals surface area contributed by atoms with Gasteiger partial charge in [-0.15, -0.1) is 0 Å². The summed E-state index contributed by atoms with van der Waals surface area (Å²) >= 11 is 0. The standard InChI is InChI=1S/C16H18FN/c1-11-7-8-15(17)14(9-11)16(18)10-13-6-4-3-5-12(13)2/h3-9,16H,10,18H2,1-2H3. The van der Waals surface area contributed by atoms with E-state index >= 15 is 0 Å². The number of halogens is 1. The lowest BCUT2D eigenvalue weighted by atomic mass is 9.95. The summed E-state index contributed by atoms with van der Waals surface area (Å²) in [5, 5.41) is 0. The van der Waals surface area contributed by atoms with Crippen LogP contribution in [-0.2, 0) is 6.42 Å². The second-order valence-corrected chi connectivity index (χ2v) is 4.76. The molecule has 0 amide bonds. The topological polar surface area (TPSA) is 26.0 Å². The lowest BCUT2D eigenvalue weighted by Crippen LogP contribution is -2.15. The summed E-state index contributed by atoms with van der Waals surface area (Å²) in [4.78, 5) is 0. The van der Waals surface area contributed by atoms with Crippen LogP contribution in [0.1, 0.15) is 28.3 Å². The highest BCUT2D eigenvalue weighted by Crippen LogP contribution is 2.21. The van der Waals surface area contributed by atoms with E-state index in [9.17, 15) is 4.39 Å². The molecule has 0 radical (unpaired) electrons. The molecule has 0 fully saturated rings. The van der Waals surface area contributed by atoms with Gasteiger partial charge in [0.1, 0.15) is 5.82 Å². The van der Waals surface area contributed by atoms with Crippen LogP contribution < -0.4 is 5.73 Å². The number of benzene rings is 2. The Balaban J connectivity index is 2.25. The lowest BCUT2D eigenvalue weighted by molar-refractivity contribution is 0.579. The van der Waals surface area contributed by atoms with Crippen LogP contribution in [0.3, 0.4) is 0 Å². The molecule has 0 saturated carbocycles. The molecule has 18 heavy (non-hydrogen) atoms. The van der Waals surface area contributed by atoms with Crippen LogP contribution in [0.4, 0.5) is 4.39 Å². The van der Waals surface area contributed by atoms with Gasteiger partial charge in [0.2, 0.25) is 0 Å². The fourth-order valence-electron chi connectivity index (χ4n) is 2.13. The van der Waals surface area contributed by atoms with Crippen molar-refractivity contribution in [2.24, 2.45) is 5.73 Å². The van der Waals surface area contributed by atoms with Crippen LogP contribution in [-0.4, -0.2) is 0 Å². The Morgan fingerprint density at radius 1 is 1.11 bits per heavy atom. The molecule has 2 aromatic rings. The van der Waals surface area contributed by atoms with Gasteiger partial charge >= 0.3 is 0 Å². The van der Waals surface area contributed by atoms with Crippen molar-refractivity contribution in [2.45, 2.75) is 26.3 Å². The third-order valence-corrected chi connectivity index (χ3v) is 3.25. The van der Waals surface area contributed by atoms with E-state index in [0.717, 1.165) is 5.56 Å². The summed E-state index contributed by atoms with van der Waals surface area (Å²) in [7, 11) is 0. The highest BCUT2D eigenvalue weighted by Gasteiger charge is 2.13. The average molecular weight is 243 g/mol. The molecule has 0 aliphatic rings. The molecule has 0 spiro atoms. The quantitative estimate of drug-likeness (QED) is 0.874. The van der Waals surface area contributed by atoms with Gasteiger partial charge in [0.25, 0.3) is 0 Å². The summed E-state index contributed by atoms with van der Waals surface area (Å²) in [6.45, 7) is 4.00. The summed E-state index contributed by atoms with van der Waals surface area (Å²) in [5.74, 6) is -0.221. The molecule has 2 N–H and O–H groups in total. The predicted molar refractivity (Wildman–Crippen MR) is 72.9 cm³/mol. The van der Waals surface area contributed by atoms with Crippen molar-refractivity contribution in [3.8, 4) is 0 Å². The van der Waals surface area contributed by atoms with Gasteiger partial charge < -0.3 is 5.73 Å². The van der Waals surface area contributed by atoms with E-state index in [0.29, 0.717) is 12.0 Å². The molecule has 1 atom stereocenters. The second kappa shape index (κ2) is 5.32. The SMILES string of the molecule is Cc1ccc(F)c(C(N)Cc2ccccc2C)c1. The zero-order valence-corrected chi connectivity index (χ0v) is 10.8. The van der Waals surface area contributed by atoms with Crippen LogP contribution >= 0.6 is 0 Å². The molecule has 2 rings (SSSR count). The van der Waals surface area contributed by atoms with E-state index in [1.165, 1.54) is 17.2 Å². The Kier molecular flexibility index (Phi) is 3.78. The molecule has 0 aliphatic carbocycles. The van der Waals surface area contributed by atoms with Crippen molar-refractivity contribution in [1.82, 2.24) is 0 Å². The van der Waals surface area contributed by atoms with E-state index in [-0.39, 0.29) is 11.9 Å². The van der Waals surface area contributed by atoms with Gasteiger partial charge in [0.05, 0.1) is 0 Å². The zero-order valence-electron chi connectivity index (χ0n) is 10.8. The predicted octanol–water partition coefficient (Wildman–Crippen LogP) is 3.69. The fraction of sp³-hybridized carbons (Fsp3) is 0.250. The molecule has 2 aromatic carbocycles. The van der Waals surface area contributed by atoms with Crippen molar-refractivity contribution in [2.75, 3.05) is 0 Å². The minimum atomic E-state index is -0.300. The summed E-state index contributed by atoms with van der Waals surface area (Å²) < 4.78 is 13.7. The van der Waals surface area contributed by atoms with Gasteiger partial charge in [-0.2, -0.15) is 0 Å². The molecule has 0 bridgehead atoms. The first-order valence-electron chi connectivity index (χ1n) is 6.14. The molecule has 94 valence electrons. The van der Waals surface area contributed by atoms with Gasteiger partial charge in [-0.1, -0.05) is 42.0 Å². The fourth-order valence-corrected chi connectivity index (χ4v) is 2.13. The highest BCUT2D eigenvalue weighted by atomic mass is 19.1. The normalized spacial score (nSPS) is 12.4. The minimum absolute atomic E-state index is 0.221. The van der Waals surface area contributed by atoms with E-state index in [4.69, 9.17) is 5.73 Å². The van der Waals surface area contributed by atoms with Crippen molar-refractivity contribution >= 4 is 0 Å². The van der Waals surface area contributed by atoms with Crippen molar-refractivity contribution in [3.63, 3.8) is 0 Å². The molecule has 2 heteroatoms. The number of rotatable bonds is 3.